The summed E-state index contributed by atoms with van der Waals surface area (Å²) in [4.78, 5) is 4.84. The lowest BCUT2D eigenvalue weighted by Crippen LogP contribution is -2.56. The van der Waals surface area contributed by atoms with Crippen molar-refractivity contribution in [3.8, 4) is 6.07 Å². The highest BCUT2D eigenvalue weighted by Gasteiger charge is 2.39. The Morgan fingerprint density at radius 1 is 1.29 bits per heavy atom. The summed E-state index contributed by atoms with van der Waals surface area (Å²) >= 11 is 0. The lowest BCUT2D eigenvalue weighted by atomic mass is 9.75. The first-order valence-corrected chi connectivity index (χ1v) is 8.40. The Balaban J connectivity index is 2.33. The first-order chi connectivity index (χ1) is 9.87. The average Bonchev–Trinajstić information content (AvgIpc) is 2.40. The number of nitriles is 1. The van der Waals surface area contributed by atoms with E-state index in [1.54, 1.807) is 0 Å². The van der Waals surface area contributed by atoms with Gasteiger partial charge in [0, 0.05) is 12.1 Å². The predicted octanol–water partition coefficient (Wildman–Crippen LogP) is 2.46. The Morgan fingerprint density at radius 3 is 2.38 bits per heavy atom. The molecular weight excluding hydrogens is 260 g/mol. The normalized spacial score (nSPS) is 20.1. The maximum absolute atomic E-state index is 9.35. The number of hydrogen-bond donors (Lipinski definition) is 1. The number of hydrogen-bond acceptors (Lipinski definition) is 4. The summed E-state index contributed by atoms with van der Waals surface area (Å²) in [7, 11) is 6.62. The molecule has 1 unspecified atom stereocenters. The molecule has 1 aliphatic carbocycles. The van der Waals surface area contributed by atoms with E-state index in [2.05, 4.69) is 49.3 Å². The molecule has 1 saturated carbocycles. The predicted molar refractivity (Wildman–Crippen MR) is 89.3 cm³/mol. The first kappa shape index (κ1) is 18.4. The number of likely N-dealkylation sites (N-methyl/N-ethyl adjacent to an activating group) is 2. The van der Waals surface area contributed by atoms with E-state index in [1.807, 2.05) is 6.92 Å². The number of rotatable bonds is 10. The van der Waals surface area contributed by atoms with Gasteiger partial charge in [0.05, 0.1) is 6.07 Å². The van der Waals surface area contributed by atoms with Gasteiger partial charge in [-0.25, -0.2) is 0 Å². The molecule has 1 N–H and O–H groups in total. The molecule has 1 atom stereocenters. The van der Waals surface area contributed by atoms with E-state index in [0.717, 1.165) is 38.9 Å². The molecule has 0 radical (unpaired) electrons. The van der Waals surface area contributed by atoms with Crippen LogP contribution in [0.1, 0.15) is 52.4 Å². The number of nitrogens with zero attached hydrogens (tertiary/aromatic N) is 3. The van der Waals surface area contributed by atoms with E-state index < -0.39 is 0 Å². The van der Waals surface area contributed by atoms with E-state index in [-0.39, 0.29) is 5.54 Å². The Kier molecular flexibility index (Phi) is 7.12. The van der Waals surface area contributed by atoms with Crippen molar-refractivity contribution >= 4 is 0 Å². The molecule has 4 nitrogen and oxygen atoms in total. The molecule has 0 bridgehead atoms. The molecule has 0 saturated heterocycles. The van der Waals surface area contributed by atoms with Crippen molar-refractivity contribution in [3.63, 3.8) is 0 Å². The SMILES string of the molecule is CCCNC(C)(C#N)CCCN(C)CC1(N(C)C)CCC1. The van der Waals surface area contributed by atoms with Crippen LogP contribution in [0.3, 0.4) is 0 Å². The molecule has 0 heterocycles. The van der Waals surface area contributed by atoms with Crippen LogP contribution in [0, 0.1) is 11.3 Å². The van der Waals surface area contributed by atoms with Crippen LogP contribution < -0.4 is 5.32 Å². The Hall–Kier alpha value is -0.630. The van der Waals surface area contributed by atoms with Gasteiger partial charge in [0.1, 0.15) is 5.54 Å². The first-order valence-electron chi connectivity index (χ1n) is 8.40. The zero-order valence-corrected chi connectivity index (χ0v) is 14.7. The second kappa shape index (κ2) is 8.12. The lowest BCUT2D eigenvalue weighted by Gasteiger charge is -2.49. The van der Waals surface area contributed by atoms with Crippen molar-refractivity contribution < 1.29 is 0 Å². The molecule has 0 amide bonds. The van der Waals surface area contributed by atoms with Crippen molar-refractivity contribution in [2.45, 2.75) is 63.5 Å². The monoisotopic (exact) mass is 294 g/mol. The van der Waals surface area contributed by atoms with Gasteiger partial charge in [-0.2, -0.15) is 5.26 Å². The highest BCUT2D eigenvalue weighted by Crippen LogP contribution is 2.36. The quantitative estimate of drug-likeness (QED) is 0.672. The van der Waals surface area contributed by atoms with E-state index in [9.17, 15) is 5.26 Å². The summed E-state index contributed by atoms with van der Waals surface area (Å²) in [5, 5.41) is 12.7. The molecule has 21 heavy (non-hydrogen) atoms. The standard InChI is InChI=1S/C17H34N4/c1-6-12-19-16(2,14-18)9-8-13-21(5)15-17(20(3)4)10-7-11-17/h19H,6-13,15H2,1-5H3. The summed E-state index contributed by atoms with van der Waals surface area (Å²) in [6.45, 7) is 7.30. The van der Waals surface area contributed by atoms with Gasteiger partial charge < -0.3 is 9.80 Å². The van der Waals surface area contributed by atoms with Crippen LogP contribution >= 0.6 is 0 Å². The lowest BCUT2D eigenvalue weighted by molar-refractivity contribution is 0.0272. The summed E-state index contributed by atoms with van der Waals surface area (Å²) < 4.78 is 0. The highest BCUT2D eigenvalue weighted by atomic mass is 15.2. The molecule has 1 rings (SSSR count). The molecule has 0 aromatic carbocycles. The fourth-order valence-electron chi connectivity index (χ4n) is 3.20. The molecule has 0 aromatic heterocycles. The minimum Gasteiger partial charge on any atom is -0.305 e. The van der Waals surface area contributed by atoms with Crippen molar-refractivity contribution in [3.05, 3.63) is 0 Å². The largest absolute Gasteiger partial charge is 0.305 e. The van der Waals surface area contributed by atoms with Gasteiger partial charge in [-0.1, -0.05) is 6.92 Å². The summed E-state index contributed by atoms with van der Waals surface area (Å²) in [5.74, 6) is 0. The van der Waals surface area contributed by atoms with E-state index >= 15 is 0 Å². The van der Waals surface area contributed by atoms with Gasteiger partial charge in [0.15, 0.2) is 0 Å². The fraction of sp³-hybridized carbons (Fsp3) is 0.941. The molecular formula is C17H34N4. The Labute approximate surface area is 131 Å². The molecule has 1 aliphatic rings. The maximum atomic E-state index is 9.35. The summed E-state index contributed by atoms with van der Waals surface area (Å²) in [6.07, 6.45) is 7.06. The minimum absolute atomic E-state index is 0.368. The van der Waals surface area contributed by atoms with Crippen molar-refractivity contribution in [1.29, 1.82) is 5.26 Å². The van der Waals surface area contributed by atoms with Crippen LogP contribution in [0.4, 0.5) is 0 Å². The van der Waals surface area contributed by atoms with Crippen LogP contribution in [0.2, 0.25) is 0 Å². The third kappa shape index (κ3) is 5.25. The molecule has 1 fully saturated rings. The van der Waals surface area contributed by atoms with E-state index in [1.165, 1.54) is 19.3 Å². The van der Waals surface area contributed by atoms with Gasteiger partial charge >= 0.3 is 0 Å². The van der Waals surface area contributed by atoms with Crippen LogP contribution in [-0.4, -0.2) is 61.7 Å². The van der Waals surface area contributed by atoms with Crippen molar-refractivity contribution in [2.75, 3.05) is 40.8 Å². The number of nitrogens with one attached hydrogen (secondary N) is 1. The zero-order chi connectivity index (χ0) is 15.9. The molecule has 0 aliphatic heterocycles. The summed E-state index contributed by atoms with van der Waals surface area (Å²) in [6, 6.07) is 2.44. The molecule has 0 aromatic rings. The fourth-order valence-corrected chi connectivity index (χ4v) is 3.20. The van der Waals surface area contributed by atoms with E-state index in [4.69, 9.17) is 0 Å². The second-order valence-corrected chi connectivity index (χ2v) is 7.18. The topological polar surface area (TPSA) is 42.3 Å². The minimum atomic E-state index is -0.368. The van der Waals surface area contributed by atoms with Crippen LogP contribution in [-0.2, 0) is 0 Å². The van der Waals surface area contributed by atoms with Gasteiger partial charge in [-0.3, -0.25) is 5.32 Å². The average molecular weight is 294 g/mol. The van der Waals surface area contributed by atoms with Gasteiger partial charge in [0.25, 0.3) is 0 Å². The molecule has 4 heteroatoms. The maximum Gasteiger partial charge on any atom is 0.103 e. The second-order valence-electron chi connectivity index (χ2n) is 7.18. The third-order valence-electron chi connectivity index (χ3n) is 5.03. The molecule has 122 valence electrons. The smallest absolute Gasteiger partial charge is 0.103 e. The van der Waals surface area contributed by atoms with Crippen LogP contribution in [0.25, 0.3) is 0 Å². The van der Waals surface area contributed by atoms with E-state index in [0.29, 0.717) is 5.54 Å². The Bertz CT molecular complexity index is 343. The van der Waals surface area contributed by atoms with Gasteiger partial charge in [0.2, 0.25) is 0 Å². The van der Waals surface area contributed by atoms with Crippen LogP contribution in [0.15, 0.2) is 0 Å². The van der Waals surface area contributed by atoms with Crippen molar-refractivity contribution in [1.82, 2.24) is 15.1 Å². The highest BCUT2D eigenvalue weighted by molar-refractivity contribution is 5.03. The van der Waals surface area contributed by atoms with Gasteiger partial charge in [-0.05, 0) is 79.7 Å². The van der Waals surface area contributed by atoms with Gasteiger partial charge in [-0.15, -0.1) is 0 Å². The Morgan fingerprint density at radius 2 is 1.95 bits per heavy atom. The van der Waals surface area contributed by atoms with Crippen LogP contribution in [0.5, 0.6) is 0 Å². The molecule has 0 spiro atoms. The summed E-state index contributed by atoms with van der Waals surface area (Å²) in [5.41, 5.74) is 0.0281. The third-order valence-corrected chi connectivity index (χ3v) is 5.03. The zero-order valence-electron chi connectivity index (χ0n) is 14.7. The van der Waals surface area contributed by atoms with Crippen molar-refractivity contribution in [2.24, 2.45) is 0 Å².